The maximum absolute atomic E-state index is 14.0. The van der Waals surface area contributed by atoms with Crippen molar-refractivity contribution in [1.82, 2.24) is 19.1 Å². The van der Waals surface area contributed by atoms with Crippen LogP contribution in [-0.4, -0.2) is 74.2 Å². The number of hydrogen-bond acceptors (Lipinski definition) is 8. The zero-order valence-corrected chi connectivity index (χ0v) is 28.6. The average Bonchev–Trinajstić information content (AvgIpc) is 2.99. The van der Waals surface area contributed by atoms with E-state index >= 15 is 0 Å². The number of pyridine rings is 1. The third-order valence-electron chi connectivity index (χ3n) is 8.96. The second-order valence-electron chi connectivity index (χ2n) is 13.0. The van der Waals surface area contributed by atoms with Gasteiger partial charge in [0.05, 0.1) is 18.0 Å². The summed E-state index contributed by atoms with van der Waals surface area (Å²) in [5.41, 5.74) is 0.715. The van der Waals surface area contributed by atoms with Crippen molar-refractivity contribution in [2.45, 2.75) is 81.8 Å². The van der Waals surface area contributed by atoms with Crippen LogP contribution in [-0.2, 0) is 14.4 Å². The summed E-state index contributed by atoms with van der Waals surface area (Å²) in [6.45, 7) is 12.5. The quantitative estimate of drug-likeness (QED) is 0.292. The average molecular weight is 660 g/mol. The number of piperazine rings is 1. The Balaban J connectivity index is 1.36. The smallest absolute Gasteiger partial charge is 0.316 e. The number of nitrogens with zero attached hydrogens (tertiary/aromatic N) is 5. The Bertz CT molecular complexity index is 1610. The lowest BCUT2D eigenvalue weighted by molar-refractivity contribution is 0.0717. The maximum Gasteiger partial charge on any atom is 0.316 e. The molecule has 1 aliphatic heterocycles. The fourth-order valence-corrected chi connectivity index (χ4v) is 8.35. The number of benzene rings is 1. The predicted octanol–water partition coefficient (Wildman–Crippen LogP) is 5.50. The highest BCUT2D eigenvalue weighted by Crippen LogP contribution is 2.39. The van der Waals surface area contributed by atoms with E-state index in [1.807, 2.05) is 4.90 Å². The van der Waals surface area contributed by atoms with Gasteiger partial charge in [0, 0.05) is 43.5 Å². The topological polar surface area (TPSA) is 107 Å². The van der Waals surface area contributed by atoms with E-state index in [2.05, 4.69) is 43.9 Å². The molecule has 5 rings (SSSR count). The van der Waals surface area contributed by atoms with Gasteiger partial charge in [0.1, 0.15) is 5.69 Å². The highest BCUT2D eigenvalue weighted by molar-refractivity contribution is 7.89. The van der Waals surface area contributed by atoms with Crippen LogP contribution in [0.15, 0.2) is 64.7 Å². The van der Waals surface area contributed by atoms with Crippen LogP contribution in [0.2, 0.25) is 23.2 Å². The number of halogens is 1. The van der Waals surface area contributed by atoms with Crippen molar-refractivity contribution in [3.05, 3.63) is 70.2 Å². The van der Waals surface area contributed by atoms with Crippen LogP contribution in [0, 0.1) is 0 Å². The van der Waals surface area contributed by atoms with Crippen LogP contribution in [0.4, 0.5) is 5.69 Å². The molecule has 1 saturated heterocycles. The molecule has 3 aromatic rings. The highest BCUT2D eigenvalue weighted by Gasteiger charge is 2.40. The molecule has 0 radical (unpaired) electrons. The summed E-state index contributed by atoms with van der Waals surface area (Å²) in [4.78, 5) is 20.0. The van der Waals surface area contributed by atoms with Gasteiger partial charge >= 0.3 is 5.56 Å². The molecule has 0 spiro atoms. The molecule has 10 nitrogen and oxygen atoms in total. The minimum absolute atomic E-state index is 0.0244. The van der Waals surface area contributed by atoms with Crippen molar-refractivity contribution in [2.24, 2.45) is 0 Å². The van der Waals surface area contributed by atoms with E-state index in [-0.39, 0.29) is 46.7 Å². The Hall–Kier alpha value is -2.77. The van der Waals surface area contributed by atoms with Gasteiger partial charge in [-0.05, 0) is 74.1 Å². The van der Waals surface area contributed by atoms with Crippen LogP contribution in [0.3, 0.4) is 0 Å². The molecular weight excluding hydrogens is 618 g/mol. The van der Waals surface area contributed by atoms with E-state index in [1.165, 1.54) is 21.3 Å². The van der Waals surface area contributed by atoms with Crippen LogP contribution in [0.25, 0.3) is 5.69 Å². The van der Waals surface area contributed by atoms with Gasteiger partial charge in [-0.25, -0.2) is 13.4 Å². The first kappa shape index (κ1) is 32.6. The second-order valence-corrected chi connectivity index (χ2v) is 20.1. The first-order chi connectivity index (χ1) is 20.8. The van der Waals surface area contributed by atoms with Gasteiger partial charge in [-0.1, -0.05) is 44.5 Å². The van der Waals surface area contributed by atoms with Crippen LogP contribution < -0.4 is 15.2 Å². The van der Waals surface area contributed by atoms with E-state index in [1.54, 1.807) is 42.6 Å². The molecule has 0 unspecified atom stereocenters. The van der Waals surface area contributed by atoms with E-state index < -0.39 is 18.3 Å². The predicted molar refractivity (Wildman–Crippen MR) is 175 cm³/mol. The first-order valence-corrected chi connectivity index (χ1v) is 19.9. The number of ether oxygens (including phenoxy) is 1. The van der Waals surface area contributed by atoms with Crippen LogP contribution in [0.5, 0.6) is 5.75 Å². The number of sulfonamides is 1. The molecule has 3 heterocycles. The SMILES string of the molecule is CC(C)(C)[Si](C)(C)O[C@H]1CC[C@@H](Oc2c(N3CCN(S(=O)(=O)c4ccccn4)CC3)cnn(-c3cccc(Cl)c3)c2=O)CC1. The lowest BCUT2D eigenvalue weighted by atomic mass is 9.95. The van der Waals surface area contributed by atoms with Gasteiger partial charge < -0.3 is 14.1 Å². The maximum atomic E-state index is 14.0. The fraction of sp³-hybridized carbons (Fsp3) is 0.516. The summed E-state index contributed by atoms with van der Waals surface area (Å²) in [6.07, 6.45) is 6.41. The van der Waals surface area contributed by atoms with E-state index in [9.17, 15) is 13.2 Å². The van der Waals surface area contributed by atoms with Gasteiger partial charge in [-0.2, -0.15) is 14.1 Å². The molecule has 1 aliphatic carbocycles. The molecule has 0 atom stereocenters. The van der Waals surface area contributed by atoms with Gasteiger partial charge in [0.2, 0.25) is 5.75 Å². The summed E-state index contributed by atoms with van der Waals surface area (Å²) in [5.74, 6) is 0.217. The third-order valence-corrected chi connectivity index (χ3v) is 15.5. The van der Waals surface area contributed by atoms with E-state index in [0.29, 0.717) is 29.5 Å². The van der Waals surface area contributed by atoms with Crippen molar-refractivity contribution in [3.63, 3.8) is 0 Å². The Kier molecular flexibility index (Phi) is 9.57. The molecule has 13 heteroatoms. The summed E-state index contributed by atoms with van der Waals surface area (Å²) in [5, 5.41) is 5.13. The summed E-state index contributed by atoms with van der Waals surface area (Å²) in [6, 6.07) is 11.8. The lowest BCUT2D eigenvalue weighted by Gasteiger charge is -2.41. The molecule has 44 heavy (non-hydrogen) atoms. The van der Waals surface area contributed by atoms with Gasteiger partial charge in [-0.15, -0.1) is 0 Å². The molecule has 1 aromatic carbocycles. The van der Waals surface area contributed by atoms with Gasteiger partial charge in [0.15, 0.2) is 13.3 Å². The Morgan fingerprint density at radius 3 is 2.25 bits per heavy atom. The summed E-state index contributed by atoms with van der Waals surface area (Å²) >= 11 is 6.23. The van der Waals surface area contributed by atoms with Crippen molar-refractivity contribution < 1.29 is 17.6 Å². The number of aromatic nitrogens is 3. The van der Waals surface area contributed by atoms with Crippen LogP contribution in [0.1, 0.15) is 46.5 Å². The largest absolute Gasteiger partial charge is 0.483 e. The zero-order chi connectivity index (χ0) is 31.7. The van der Waals surface area contributed by atoms with Crippen molar-refractivity contribution in [2.75, 3.05) is 31.1 Å². The lowest BCUT2D eigenvalue weighted by Crippen LogP contribution is -2.49. The zero-order valence-electron chi connectivity index (χ0n) is 26.1. The van der Waals surface area contributed by atoms with Crippen LogP contribution >= 0.6 is 11.6 Å². The normalized spacial score (nSPS) is 20.5. The molecule has 1 saturated carbocycles. The van der Waals surface area contributed by atoms with Gasteiger partial charge in [-0.3, -0.25) is 4.79 Å². The number of anilines is 1. The second kappa shape index (κ2) is 12.9. The minimum atomic E-state index is -3.72. The molecular formula is C31H42ClN5O5SSi. The monoisotopic (exact) mass is 659 g/mol. The summed E-state index contributed by atoms with van der Waals surface area (Å²) < 4.78 is 42.2. The highest BCUT2D eigenvalue weighted by atomic mass is 35.5. The first-order valence-electron chi connectivity index (χ1n) is 15.2. The summed E-state index contributed by atoms with van der Waals surface area (Å²) in [7, 11) is -5.61. The molecule has 2 aliphatic rings. The number of rotatable bonds is 8. The minimum Gasteiger partial charge on any atom is -0.483 e. The Labute approximate surface area is 266 Å². The fourth-order valence-electron chi connectivity index (χ4n) is 5.39. The van der Waals surface area contributed by atoms with Crippen molar-refractivity contribution in [1.29, 1.82) is 0 Å². The molecule has 238 valence electrons. The van der Waals surface area contributed by atoms with Crippen molar-refractivity contribution >= 4 is 35.6 Å². The van der Waals surface area contributed by atoms with E-state index in [4.69, 9.17) is 20.8 Å². The molecule has 0 amide bonds. The standard InChI is InChI=1S/C31H42ClN5O5SSi/c1-31(2,3)44(4,5)42-26-14-12-25(13-15-26)41-29-27(22-34-37(30(29)38)24-10-8-9-23(32)21-24)35-17-19-36(20-18-35)43(39,40)28-11-6-7-16-33-28/h6-11,16,21-22,25-26H,12-15,17-20H2,1-5H3/t25-,26+. The molecule has 2 fully saturated rings. The van der Waals surface area contributed by atoms with Gasteiger partial charge in [0.25, 0.3) is 10.0 Å². The third kappa shape index (κ3) is 7.04. The van der Waals surface area contributed by atoms with Crippen molar-refractivity contribution in [3.8, 4) is 11.4 Å². The molecule has 0 N–H and O–H groups in total. The van der Waals surface area contributed by atoms with E-state index in [0.717, 1.165) is 25.7 Å². The number of hydrogen-bond donors (Lipinski definition) is 0. The molecule has 2 aromatic heterocycles. The molecule has 0 bridgehead atoms. The Morgan fingerprint density at radius 1 is 0.955 bits per heavy atom. The Morgan fingerprint density at radius 2 is 1.64 bits per heavy atom.